The van der Waals surface area contributed by atoms with Crippen molar-refractivity contribution in [3.8, 4) is 0 Å². The van der Waals surface area contributed by atoms with E-state index in [4.69, 9.17) is 0 Å². The fourth-order valence-electron chi connectivity index (χ4n) is 2.80. The van der Waals surface area contributed by atoms with Crippen molar-refractivity contribution < 1.29 is 13.3 Å². The lowest BCUT2D eigenvalue weighted by atomic mass is 10.1. The van der Waals surface area contributed by atoms with Crippen molar-refractivity contribution in [2.24, 2.45) is 0 Å². The van der Waals surface area contributed by atoms with Crippen LogP contribution in [-0.2, 0) is 16.4 Å². The van der Waals surface area contributed by atoms with E-state index in [2.05, 4.69) is 9.71 Å². The van der Waals surface area contributed by atoms with Crippen LogP contribution in [0.1, 0.15) is 11.3 Å². The van der Waals surface area contributed by atoms with Crippen LogP contribution in [-0.4, -0.2) is 24.9 Å². The number of non-ortho nitro benzene ring substituents is 1. The minimum absolute atomic E-state index is 0.00810. The van der Waals surface area contributed by atoms with Gasteiger partial charge in [-0.15, -0.1) is 0 Å². The zero-order valence-corrected chi connectivity index (χ0v) is 14.3. The molecule has 0 amide bonds. The first-order valence-electron chi connectivity index (χ1n) is 7.69. The molecule has 7 nitrogen and oxygen atoms in total. The Bertz CT molecular complexity index is 1020. The van der Waals surface area contributed by atoms with Gasteiger partial charge in [-0.25, -0.2) is 13.1 Å². The van der Waals surface area contributed by atoms with Crippen LogP contribution in [0.2, 0.25) is 0 Å². The lowest BCUT2D eigenvalue weighted by molar-refractivity contribution is -0.384. The minimum atomic E-state index is -3.70. The van der Waals surface area contributed by atoms with Gasteiger partial charge in [-0.2, -0.15) is 0 Å². The monoisotopic (exact) mass is 359 g/mol. The summed E-state index contributed by atoms with van der Waals surface area (Å²) in [4.78, 5) is 13.4. The highest BCUT2D eigenvalue weighted by atomic mass is 32.2. The van der Waals surface area contributed by atoms with Crippen molar-refractivity contribution in [1.82, 2.24) is 9.71 Å². The molecule has 0 aliphatic rings. The molecule has 1 aromatic heterocycles. The highest BCUT2D eigenvalue weighted by molar-refractivity contribution is 7.89. The number of benzene rings is 2. The van der Waals surface area contributed by atoms with Gasteiger partial charge in [0.15, 0.2) is 0 Å². The van der Waals surface area contributed by atoms with Crippen molar-refractivity contribution in [3.63, 3.8) is 0 Å². The second-order valence-corrected chi connectivity index (χ2v) is 7.44. The summed E-state index contributed by atoms with van der Waals surface area (Å²) in [7, 11) is -3.70. The third-order valence-corrected chi connectivity index (χ3v) is 5.53. The van der Waals surface area contributed by atoms with Gasteiger partial charge < -0.3 is 4.98 Å². The normalized spacial score (nSPS) is 11.7. The fraction of sp³-hybridized carbons (Fsp3) is 0.176. The van der Waals surface area contributed by atoms with Crippen LogP contribution < -0.4 is 4.72 Å². The Morgan fingerprint density at radius 1 is 1.12 bits per heavy atom. The fourth-order valence-corrected chi connectivity index (χ4v) is 3.83. The van der Waals surface area contributed by atoms with Crippen LogP contribution in [0.15, 0.2) is 53.4 Å². The van der Waals surface area contributed by atoms with Gasteiger partial charge >= 0.3 is 0 Å². The number of hydrogen-bond donors (Lipinski definition) is 2. The largest absolute Gasteiger partial charge is 0.358 e. The number of fused-ring (bicyclic) bond motifs is 1. The van der Waals surface area contributed by atoms with E-state index in [1.807, 2.05) is 31.2 Å². The Kier molecular flexibility index (Phi) is 4.56. The first kappa shape index (κ1) is 17.1. The second kappa shape index (κ2) is 6.66. The molecule has 25 heavy (non-hydrogen) atoms. The van der Waals surface area contributed by atoms with Crippen molar-refractivity contribution in [2.45, 2.75) is 18.2 Å². The Morgan fingerprint density at radius 2 is 1.80 bits per heavy atom. The molecule has 8 heteroatoms. The number of rotatable bonds is 6. The molecule has 0 radical (unpaired) electrons. The summed E-state index contributed by atoms with van der Waals surface area (Å²) in [6, 6.07) is 12.7. The maximum absolute atomic E-state index is 12.3. The first-order chi connectivity index (χ1) is 11.9. The summed E-state index contributed by atoms with van der Waals surface area (Å²) in [6.45, 7) is 2.20. The molecular formula is C17H17N3O4S. The van der Waals surface area contributed by atoms with Crippen molar-refractivity contribution in [2.75, 3.05) is 6.54 Å². The third-order valence-electron chi connectivity index (χ3n) is 4.05. The zero-order chi connectivity index (χ0) is 18.0. The van der Waals surface area contributed by atoms with Crippen LogP contribution in [0.3, 0.4) is 0 Å². The summed E-state index contributed by atoms with van der Waals surface area (Å²) >= 11 is 0. The molecular weight excluding hydrogens is 342 g/mol. The predicted molar refractivity (Wildman–Crippen MR) is 95.0 cm³/mol. The molecule has 0 spiro atoms. The Balaban J connectivity index is 1.72. The number of hydrogen-bond acceptors (Lipinski definition) is 4. The van der Waals surface area contributed by atoms with Crippen molar-refractivity contribution in [1.29, 1.82) is 0 Å². The van der Waals surface area contributed by atoms with Crippen LogP contribution >= 0.6 is 0 Å². The number of aromatic amines is 1. The number of nitro groups is 1. The molecule has 3 rings (SSSR count). The molecule has 0 bridgehead atoms. The van der Waals surface area contributed by atoms with Gasteiger partial charge in [0, 0.05) is 35.3 Å². The summed E-state index contributed by atoms with van der Waals surface area (Å²) in [5, 5.41) is 11.7. The number of sulfonamides is 1. The maximum atomic E-state index is 12.3. The van der Waals surface area contributed by atoms with Crippen molar-refractivity contribution >= 4 is 26.6 Å². The topological polar surface area (TPSA) is 105 Å². The van der Waals surface area contributed by atoms with Crippen LogP contribution in [0, 0.1) is 17.0 Å². The van der Waals surface area contributed by atoms with Gasteiger partial charge in [-0.3, -0.25) is 10.1 Å². The van der Waals surface area contributed by atoms with Gasteiger partial charge in [0.25, 0.3) is 5.69 Å². The van der Waals surface area contributed by atoms with Crippen LogP contribution in [0.5, 0.6) is 0 Å². The number of para-hydroxylation sites is 1. The molecule has 0 aliphatic heterocycles. The van der Waals surface area contributed by atoms with E-state index in [1.54, 1.807) is 0 Å². The number of H-pyrrole nitrogens is 1. The lowest BCUT2D eigenvalue weighted by Crippen LogP contribution is -2.26. The highest BCUT2D eigenvalue weighted by Gasteiger charge is 2.16. The Hall–Kier alpha value is -2.71. The molecule has 0 saturated heterocycles. The maximum Gasteiger partial charge on any atom is 0.269 e. The zero-order valence-electron chi connectivity index (χ0n) is 13.5. The SMILES string of the molecule is Cc1[nH]c2ccccc2c1CCNS(=O)(=O)c1ccc([N+](=O)[O-])cc1. The summed E-state index contributed by atoms with van der Waals surface area (Å²) in [5.74, 6) is 0. The number of aromatic nitrogens is 1. The smallest absolute Gasteiger partial charge is 0.269 e. The average Bonchev–Trinajstić information content (AvgIpc) is 2.90. The molecule has 0 saturated carbocycles. The van der Waals surface area contributed by atoms with E-state index in [9.17, 15) is 18.5 Å². The molecule has 0 aliphatic carbocycles. The number of nitrogens with one attached hydrogen (secondary N) is 2. The molecule has 2 aromatic carbocycles. The molecule has 0 atom stereocenters. The number of nitrogens with zero attached hydrogens (tertiary/aromatic N) is 1. The Labute approximate surface area is 144 Å². The predicted octanol–water partition coefficient (Wildman–Crippen LogP) is 2.91. The van der Waals surface area contributed by atoms with E-state index in [-0.39, 0.29) is 17.1 Å². The third kappa shape index (κ3) is 3.54. The summed E-state index contributed by atoms with van der Waals surface area (Å²) in [6.07, 6.45) is 0.544. The van der Waals surface area contributed by atoms with Gasteiger partial charge in [-0.1, -0.05) is 18.2 Å². The minimum Gasteiger partial charge on any atom is -0.358 e. The van der Waals surface area contributed by atoms with E-state index in [0.717, 1.165) is 22.2 Å². The molecule has 130 valence electrons. The molecule has 0 fully saturated rings. The quantitative estimate of drug-likeness (QED) is 0.521. The molecule has 2 N–H and O–H groups in total. The standard InChI is InChI=1S/C17H17N3O4S/c1-12-15(16-4-2-3-5-17(16)19-12)10-11-18-25(23,24)14-8-6-13(7-9-14)20(21)22/h2-9,18-19H,10-11H2,1H3. The lowest BCUT2D eigenvalue weighted by Gasteiger charge is -2.07. The van der Waals surface area contributed by atoms with Crippen LogP contribution in [0.4, 0.5) is 5.69 Å². The van der Waals surface area contributed by atoms with Crippen LogP contribution in [0.25, 0.3) is 10.9 Å². The van der Waals surface area contributed by atoms with E-state index < -0.39 is 14.9 Å². The number of aryl methyl sites for hydroxylation is 1. The van der Waals surface area contributed by atoms with Gasteiger partial charge in [0.1, 0.15) is 0 Å². The van der Waals surface area contributed by atoms with Crippen molar-refractivity contribution in [3.05, 3.63) is 69.9 Å². The summed E-state index contributed by atoms with van der Waals surface area (Å²) in [5.41, 5.74) is 2.96. The van der Waals surface area contributed by atoms with E-state index in [0.29, 0.717) is 6.42 Å². The van der Waals surface area contributed by atoms with E-state index in [1.165, 1.54) is 24.3 Å². The first-order valence-corrected chi connectivity index (χ1v) is 9.17. The van der Waals surface area contributed by atoms with E-state index >= 15 is 0 Å². The van der Waals surface area contributed by atoms with Gasteiger partial charge in [0.05, 0.1) is 9.82 Å². The molecule has 1 heterocycles. The molecule has 0 unspecified atom stereocenters. The van der Waals surface area contributed by atoms with Gasteiger partial charge in [0.2, 0.25) is 10.0 Å². The summed E-state index contributed by atoms with van der Waals surface area (Å²) < 4.78 is 27.1. The number of nitro benzene ring substituents is 1. The Morgan fingerprint density at radius 3 is 2.48 bits per heavy atom. The van der Waals surface area contributed by atoms with Gasteiger partial charge in [-0.05, 0) is 37.1 Å². The molecule has 3 aromatic rings. The second-order valence-electron chi connectivity index (χ2n) is 5.67. The average molecular weight is 359 g/mol. The highest BCUT2D eigenvalue weighted by Crippen LogP contribution is 2.22.